The summed E-state index contributed by atoms with van der Waals surface area (Å²) in [7, 11) is 2.24. The lowest BCUT2D eigenvalue weighted by Crippen LogP contribution is -2.40. The van der Waals surface area contributed by atoms with E-state index in [0.29, 0.717) is 0 Å². The van der Waals surface area contributed by atoms with Gasteiger partial charge in [0.25, 0.3) is 0 Å². The number of halogens is 1. The molecule has 2 heterocycles. The largest absolute Gasteiger partial charge is 0.317 e. The molecule has 0 aromatic carbocycles. The van der Waals surface area contributed by atoms with Gasteiger partial charge in [0, 0.05) is 27.3 Å². The Morgan fingerprint density at radius 1 is 1.53 bits per heavy atom. The first kappa shape index (κ1) is 11.6. The maximum Gasteiger partial charge on any atom is 0.0328 e. The highest BCUT2D eigenvalue weighted by atomic mass is 79.9. The second-order valence-corrected chi connectivity index (χ2v) is 6.04. The first-order valence-corrected chi connectivity index (χ1v) is 7.07. The molecule has 1 fully saturated rings. The predicted molar refractivity (Wildman–Crippen MR) is 69.4 cm³/mol. The van der Waals surface area contributed by atoms with Gasteiger partial charge < -0.3 is 5.32 Å². The zero-order valence-electron chi connectivity index (χ0n) is 9.00. The molecule has 1 aromatic rings. The third-order valence-corrected chi connectivity index (χ3v) is 4.64. The van der Waals surface area contributed by atoms with Crippen molar-refractivity contribution in [2.75, 3.05) is 20.1 Å². The highest BCUT2D eigenvalue weighted by Gasteiger charge is 2.17. The zero-order valence-corrected chi connectivity index (χ0v) is 11.4. The van der Waals surface area contributed by atoms with Crippen LogP contribution in [0.25, 0.3) is 0 Å². The average molecular weight is 289 g/mol. The third-order valence-electron chi connectivity index (χ3n) is 2.96. The van der Waals surface area contributed by atoms with E-state index in [0.717, 1.165) is 12.6 Å². The number of nitrogens with one attached hydrogen (secondary N) is 1. The Bertz CT molecular complexity index is 307. The summed E-state index contributed by atoms with van der Waals surface area (Å²) in [6, 6.07) is 2.98. The van der Waals surface area contributed by atoms with Crippen LogP contribution in [0, 0.1) is 0 Å². The van der Waals surface area contributed by atoms with Crippen LogP contribution >= 0.6 is 27.3 Å². The highest BCUT2D eigenvalue weighted by molar-refractivity contribution is 9.10. The average Bonchev–Trinajstić information content (AvgIpc) is 2.65. The van der Waals surface area contributed by atoms with Crippen LogP contribution in [0.1, 0.15) is 17.7 Å². The SMILES string of the molecule is CN(Cc1cc(Br)cs1)C1CCNCC1. The van der Waals surface area contributed by atoms with Crippen LogP contribution in [-0.4, -0.2) is 31.1 Å². The van der Waals surface area contributed by atoms with Crippen molar-refractivity contribution in [3.63, 3.8) is 0 Å². The Kier molecular flexibility index (Phi) is 4.20. The minimum Gasteiger partial charge on any atom is -0.317 e. The first-order valence-electron chi connectivity index (χ1n) is 5.39. The number of nitrogens with zero attached hydrogens (tertiary/aromatic N) is 1. The van der Waals surface area contributed by atoms with E-state index in [1.165, 1.54) is 35.3 Å². The molecule has 1 aromatic heterocycles. The molecule has 1 aliphatic rings. The number of thiophene rings is 1. The quantitative estimate of drug-likeness (QED) is 0.920. The van der Waals surface area contributed by atoms with E-state index in [9.17, 15) is 0 Å². The minimum atomic E-state index is 0.757. The topological polar surface area (TPSA) is 15.3 Å². The van der Waals surface area contributed by atoms with Crippen LogP contribution in [0.5, 0.6) is 0 Å². The van der Waals surface area contributed by atoms with Crippen LogP contribution in [0.3, 0.4) is 0 Å². The van der Waals surface area contributed by atoms with Crippen molar-refractivity contribution in [3.8, 4) is 0 Å². The van der Waals surface area contributed by atoms with Gasteiger partial charge in [-0.15, -0.1) is 11.3 Å². The van der Waals surface area contributed by atoms with Crippen molar-refractivity contribution >= 4 is 27.3 Å². The lowest BCUT2D eigenvalue weighted by Gasteiger charge is -2.31. The molecule has 1 saturated heterocycles. The van der Waals surface area contributed by atoms with Crippen LogP contribution in [0.2, 0.25) is 0 Å². The Morgan fingerprint density at radius 3 is 2.87 bits per heavy atom. The molecule has 0 amide bonds. The summed E-state index contributed by atoms with van der Waals surface area (Å²) in [5, 5.41) is 5.56. The van der Waals surface area contributed by atoms with Crippen LogP contribution in [0.4, 0.5) is 0 Å². The monoisotopic (exact) mass is 288 g/mol. The fourth-order valence-electron chi connectivity index (χ4n) is 2.06. The molecule has 1 aliphatic heterocycles. The van der Waals surface area contributed by atoms with Gasteiger partial charge in [-0.3, -0.25) is 4.90 Å². The van der Waals surface area contributed by atoms with E-state index in [1.54, 1.807) is 0 Å². The van der Waals surface area contributed by atoms with E-state index >= 15 is 0 Å². The van der Waals surface area contributed by atoms with E-state index < -0.39 is 0 Å². The molecule has 4 heteroatoms. The molecule has 0 saturated carbocycles. The lowest BCUT2D eigenvalue weighted by molar-refractivity contribution is 0.193. The molecule has 0 spiro atoms. The fraction of sp³-hybridized carbons (Fsp3) is 0.636. The molecule has 0 atom stereocenters. The van der Waals surface area contributed by atoms with Crippen LogP contribution in [-0.2, 0) is 6.54 Å². The number of rotatable bonds is 3. The lowest BCUT2D eigenvalue weighted by atomic mass is 10.1. The van der Waals surface area contributed by atoms with Gasteiger partial charge in [0.15, 0.2) is 0 Å². The summed E-state index contributed by atoms with van der Waals surface area (Å²) in [5.41, 5.74) is 0. The summed E-state index contributed by atoms with van der Waals surface area (Å²) in [6.07, 6.45) is 2.56. The van der Waals surface area contributed by atoms with Gasteiger partial charge in [0.05, 0.1) is 0 Å². The molecular formula is C11H17BrN2S. The molecule has 2 nitrogen and oxygen atoms in total. The Hall–Kier alpha value is 0.1000. The highest BCUT2D eigenvalue weighted by Crippen LogP contribution is 2.22. The van der Waals surface area contributed by atoms with Crippen molar-refractivity contribution in [2.45, 2.75) is 25.4 Å². The number of hydrogen-bond acceptors (Lipinski definition) is 3. The summed E-state index contributed by atoms with van der Waals surface area (Å²) in [5.74, 6) is 0. The fourth-order valence-corrected chi connectivity index (χ4v) is 3.57. The standard InChI is InChI=1S/C11H17BrN2S/c1-14(10-2-4-13-5-3-10)7-11-6-9(12)8-15-11/h6,8,10,13H,2-5,7H2,1H3. The second kappa shape index (κ2) is 5.43. The summed E-state index contributed by atoms with van der Waals surface area (Å²) >= 11 is 5.34. The number of hydrogen-bond donors (Lipinski definition) is 1. The minimum absolute atomic E-state index is 0.757. The third kappa shape index (κ3) is 3.28. The summed E-state index contributed by atoms with van der Waals surface area (Å²) in [6.45, 7) is 3.42. The van der Waals surface area contributed by atoms with Crippen molar-refractivity contribution in [2.24, 2.45) is 0 Å². The molecular weight excluding hydrogens is 272 g/mol. The van der Waals surface area contributed by atoms with E-state index in [-0.39, 0.29) is 0 Å². The van der Waals surface area contributed by atoms with Gasteiger partial charge in [-0.05, 0) is 55.0 Å². The molecule has 0 bridgehead atoms. The second-order valence-electron chi connectivity index (χ2n) is 4.13. The number of piperidine rings is 1. The molecule has 0 aliphatic carbocycles. The molecule has 1 N–H and O–H groups in total. The Balaban J connectivity index is 1.88. The van der Waals surface area contributed by atoms with Crippen LogP contribution < -0.4 is 5.32 Å². The predicted octanol–water partition coefficient (Wildman–Crippen LogP) is 2.69. The molecule has 0 radical (unpaired) electrons. The molecule has 84 valence electrons. The van der Waals surface area contributed by atoms with Gasteiger partial charge in [-0.2, -0.15) is 0 Å². The van der Waals surface area contributed by atoms with Gasteiger partial charge in [0.1, 0.15) is 0 Å². The first-order chi connectivity index (χ1) is 7.25. The van der Waals surface area contributed by atoms with E-state index in [4.69, 9.17) is 0 Å². The summed E-state index contributed by atoms with van der Waals surface area (Å²) in [4.78, 5) is 3.93. The molecule has 15 heavy (non-hydrogen) atoms. The normalized spacial score (nSPS) is 18.6. The maximum absolute atomic E-state index is 3.50. The van der Waals surface area contributed by atoms with Crippen LogP contribution in [0.15, 0.2) is 15.9 Å². The zero-order chi connectivity index (χ0) is 10.7. The van der Waals surface area contributed by atoms with Gasteiger partial charge in [0.2, 0.25) is 0 Å². The van der Waals surface area contributed by atoms with E-state index in [2.05, 4.69) is 44.6 Å². The smallest absolute Gasteiger partial charge is 0.0328 e. The van der Waals surface area contributed by atoms with Gasteiger partial charge in [-0.1, -0.05) is 0 Å². The van der Waals surface area contributed by atoms with Gasteiger partial charge >= 0.3 is 0 Å². The Morgan fingerprint density at radius 2 is 2.27 bits per heavy atom. The maximum atomic E-state index is 3.50. The van der Waals surface area contributed by atoms with Crippen molar-refractivity contribution in [1.82, 2.24) is 10.2 Å². The van der Waals surface area contributed by atoms with Crippen molar-refractivity contribution in [1.29, 1.82) is 0 Å². The Labute approximate surface area is 104 Å². The van der Waals surface area contributed by atoms with Crippen molar-refractivity contribution in [3.05, 3.63) is 20.8 Å². The molecule has 0 unspecified atom stereocenters. The summed E-state index contributed by atoms with van der Waals surface area (Å²) < 4.78 is 1.21. The van der Waals surface area contributed by atoms with Gasteiger partial charge in [-0.25, -0.2) is 0 Å². The molecule has 2 rings (SSSR count). The van der Waals surface area contributed by atoms with E-state index in [1.807, 2.05) is 11.3 Å². The van der Waals surface area contributed by atoms with Crippen molar-refractivity contribution < 1.29 is 0 Å².